The van der Waals surface area contributed by atoms with Gasteiger partial charge in [-0.15, -0.1) is 0 Å². The van der Waals surface area contributed by atoms with Crippen molar-refractivity contribution in [1.29, 1.82) is 0 Å². The molecule has 0 aliphatic heterocycles. The standard InChI is InChI=1S/C8H10O.3CH3.U.V.W/c1-2-9-8-6-4-3-5-7-8;;;;;;/h3-7H,2H2,1H3;3*1H3;;;/q;3*-1;;;. The first-order valence-corrected chi connectivity index (χ1v) is 3.11. The van der Waals surface area contributed by atoms with Gasteiger partial charge in [-0.1, -0.05) is 18.2 Å². The molecule has 0 heterocycles. The van der Waals surface area contributed by atoms with Crippen LogP contribution in [0.3, 0.4) is 0 Å². The van der Waals surface area contributed by atoms with E-state index in [1.54, 1.807) is 0 Å². The molecule has 0 saturated carbocycles. The second kappa shape index (κ2) is 24.5. The molecule has 1 rings (SSSR count). The Kier molecular flexibility index (Phi) is 58.8. The zero-order valence-electron chi connectivity index (χ0n) is 9.86. The first-order chi connectivity index (χ1) is 4.43. The molecule has 0 N–H and O–H groups in total. The molecule has 0 bridgehead atoms. The quantitative estimate of drug-likeness (QED) is 0.451. The van der Waals surface area contributed by atoms with Crippen molar-refractivity contribution in [1.82, 2.24) is 0 Å². The van der Waals surface area contributed by atoms with Gasteiger partial charge in [-0.3, -0.25) is 0 Å². The molecule has 0 aliphatic carbocycles. The van der Waals surface area contributed by atoms with Crippen LogP contribution in [0, 0.1) is 53.4 Å². The molecule has 1 aromatic rings. The minimum atomic E-state index is 0. The van der Waals surface area contributed by atoms with E-state index in [-0.39, 0.29) is 93.0 Å². The van der Waals surface area contributed by atoms with Crippen molar-refractivity contribution in [3.05, 3.63) is 52.6 Å². The maximum Gasteiger partial charge on any atom is 0.119 e. The number of hydrogen-bond donors (Lipinski definition) is 0. The summed E-state index contributed by atoms with van der Waals surface area (Å²) in [6, 6.07) is 9.80. The Morgan fingerprint density at radius 3 is 1.73 bits per heavy atom. The van der Waals surface area contributed by atoms with Crippen molar-refractivity contribution in [3.8, 4) is 5.75 Å². The van der Waals surface area contributed by atoms with Crippen molar-refractivity contribution >= 4 is 0 Å². The topological polar surface area (TPSA) is 9.23 Å². The molecule has 0 saturated heterocycles. The molecule has 15 heavy (non-hydrogen) atoms. The summed E-state index contributed by atoms with van der Waals surface area (Å²) in [5.41, 5.74) is 0. The summed E-state index contributed by atoms with van der Waals surface area (Å²) >= 11 is 0. The van der Waals surface area contributed by atoms with Gasteiger partial charge in [0.2, 0.25) is 0 Å². The number of benzene rings is 1. The van der Waals surface area contributed by atoms with Crippen molar-refractivity contribution in [2.75, 3.05) is 6.61 Å². The first-order valence-electron chi connectivity index (χ1n) is 3.11. The summed E-state index contributed by atoms with van der Waals surface area (Å²) < 4.78 is 5.21. The van der Waals surface area contributed by atoms with Crippen molar-refractivity contribution in [3.63, 3.8) is 0 Å². The minimum absolute atomic E-state index is 0. The van der Waals surface area contributed by atoms with Crippen LogP contribution < -0.4 is 4.74 Å². The van der Waals surface area contributed by atoms with E-state index in [0.717, 1.165) is 12.4 Å². The normalized spacial score (nSPS) is 5.40. The molecule has 0 spiro atoms. The maximum absolute atomic E-state index is 5.21. The number of hydrogen-bond acceptors (Lipinski definition) is 1. The summed E-state index contributed by atoms with van der Waals surface area (Å²) in [5.74, 6) is 0.944. The Morgan fingerprint density at radius 2 is 1.40 bits per heavy atom. The fourth-order valence-corrected chi connectivity index (χ4v) is 0.683. The maximum atomic E-state index is 5.21. The molecule has 0 aliphatic rings. The predicted octanol–water partition coefficient (Wildman–Crippen LogP) is 3.43. The van der Waals surface area contributed by atoms with E-state index >= 15 is 0 Å². The molecule has 1 radical (unpaired) electrons. The second-order valence-corrected chi connectivity index (χ2v) is 1.75. The third-order valence-corrected chi connectivity index (χ3v) is 1.05. The number of para-hydroxylation sites is 1. The van der Waals surface area contributed by atoms with Gasteiger partial charge in [-0.2, -0.15) is 0 Å². The van der Waals surface area contributed by atoms with Gasteiger partial charge in [0, 0.05) is 70.7 Å². The summed E-state index contributed by atoms with van der Waals surface area (Å²) in [5, 5.41) is 0. The van der Waals surface area contributed by atoms with Crippen molar-refractivity contribution in [2.45, 2.75) is 6.92 Å². The fourth-order valence-electron chi connectivity index (χ4n) is 0.683. The summed E-state index contributed by atoms with van der Waals surface area (Å²) in [6.45, 7) is 2.72. The van der Waals surface area contributed by atoms with Gasteiger partial charge in [-0.25, -0.2) is 0 Å². The van der Waals surface area contributed by atoms with Crippen molar-refractivity contribution in [2.24, 2.45) is 0 Å². The largest absolute Gasteiger partial charge is 0.494 e. The Hall–Kier alpha value is 1.34. The van der Waals surface area contributed by atoms with Gasteiger partial charge in [0.1, 0.15) is 5.75 Å². The fraction of sp³-hybridized carbons (Fsp3) is 0.182. The zero-order chi connectivity index (χ0) is 6.53. The van der Waals surface area contributed by atoms with E-state index in [0.29, 0.717) is 0 Å². The van der Waals surface area contributed by atoms with Crippen molar-refractivity contribution < 1.29 is 75.5 Å². The smallest absolute Gasteiger partial charge is 0.119 e. The van der Waals surface area contributed by atoms with E-state index in [4.69, 9.17) is 4.74 Å². The van der Waals surface area contributed by atoms with Gasteiger partial charge in [-0.05, 0) is 19.1 Å². The monoisotopic (exact) mass is 640 g/mol. The average molecular weight is 640 g/mol. The Labute approximate surface area is 146 Å². The van der Waals surface area contributed by atoms with Gasteiger partial charge in [0.15, 0.2) is 0 Å². The SMILES string of the molecule is CCOc1ccccc1.[CH3-].[CH3-].[CH3-].[U].[V].[W]. The Bertz CT molecular complexity index is 173. The third-order valence-electron chi connectivity index (χ3n) is 1.05. The van der Waals surface area contributed by atoms with Crippen LogP contribution >= 0.6 is 0 Å². The van der Waals surface area contributed by atoms with Crippen LogP contribution in [0.15, 0.2) is 30.3 Å². The predicted molar refractivity (Wildman–Crippen MR) is 56.9 cm³/mol. The molecule has 0 aromatic heterocycles. The minimum Gasteiger partial charge on any atom is -0.494 e. The van der Waals surface area contributed by atoms with Crippen LogP contribution in [0.1, 0.15) is 6.92 Å². The van der Waals surface area contributed by atoms with E-state index in [2.05, 4.69) is 0 Å². The summed E-state index contributed by atoms with van der Waals surface area (Å²) in [4.78, 5) is 0. The molecule has 0 amide bonds. The summed E-state index contributed by atoms with van der Waals surface area (Å²) in [6.07, 6.45) is 0. The Balaban J connectivity index is -0.0000000337. The van der Waals surface area contributed by atoms with Crippen LogP contribution in [0.25, 0.3) is 0 Å². The van der Waals surface area contributed by atoms with Crippen LogP contribution in [0.5, 0.6) is 5.75 Å². The van der Waals surface area contributed by atoms with E-state index in [9.17, 15) is 0 Å². The van der Waals surface area contributed by atoms with Crippen LogP contribution in [0.4, 0.5) is 0 Å². The molecule has 1 aromatic carbocycles. The van der Waals surface area contributed by atoms with Gasteiger partial charge in [0.05, 0.1) is 6.61 Å². The van der Waals surface area contributed by atoms with Crippen LogP contribution in [0.2, 0.25) is 0 Å². The molecular formula is C11H19OUVW-3. The van der Waals surface area contributed by atoms with E-state index in [1.807, 2.05) is 37.3 Å². The molecule has 4 heteroatoms. The number of ether oxygens (including phenoxy) is 1. The van der Waals surface area contributed by atoms with Gasteiger partial charge in [0.25, 0.3) is 0 Å². The second-order valence-electron chi connectivity index (χ2n) is 1.75. The molecule has 0 unspecified atom stereocenters. The molecule has 0 atom stereocenters. The van der Waals surface area contributed by atoms with Gasteiger partial charge >= 0.3 is 0 Å². The third kappa shape index (κ3) is 17.9. The first kappa shape index (κ1) is 36.0. The number of rotatable bonds is 2. The van der Waals surface area contributed by atoms with Crippen LogP contribution in [-0.2, 0) is 39.6 Å². The molecule has 87 valence electrons. The van der Waals surface area contributed by atoms with E-state index in [1.165, 1.54) is 0 Å². The van der Waals surface area contributed by atoms with E-state index < -0.39 is 0 Å². The molecule has 0 fully saturated rings. The summed E-state index contributed by atoms with van der Waals surface area (Å²) in [7, 11) is 0. The Morgan fingerprint density at radius 1 is 1.00 bits per heavy atom. The van der Waals surface area contributed by atoms with Crippen LogP contribution in [-0.4, -0.2) is 6.61 Å². The van der Waals surface area contributed by atoms with Gasteiger partial charge < -0.3 is 27.0 Å². The average Bonchev–Trinajstić information content (AvgIpc) is 1.91. The molecular weight excluding hydrogens is 621 g/mol. The zero-order valence-corrected chi connectivity index (χ0v) is 18.4. The molecule has 1 nitrogen and oxygen atoms in total.